The molecule has 3 heterocycles. The highest BCUT2D eigenvalue weighted by Crippen LogP contribution is 2.31. The van der Waals surface area contributed by atoms with E-state index in [2.05, 4.69) is 45.4 Å². The summed E-state index contributed by atoms with van der Waals surface area (Å²) in [4.78, 5) is 33.8. The Kier molecular flexibility index (Phi) is 9.57. The van der Waals surface area contributed by atoms with Crippen LogP contribution in [-0.2, 0) is 16.6 Å². The smallest absolute Gasteiger partial charge is 0.264 e. The third-order valence-corrected chi connectivity index (χ3v) is 9.04. The number of carbonyl (C=O) groups is 1. The van der Waals surface area contributed by atoms with Crippen molar-refractivity contribution in [2.75, 3.05) is 17.9 Å². The molecule has 1 atom stereocenters. The monoisotopic (exact) mass is 644 g/mol. The molecule has 0 radical (unpaired) electrons. The molecule has 11 nitrogen and oxygen atoms in total. The van der Waals surface area contributed by atoms with Crippen molar-refractivity contribution in [1.29, 1.82) is 0 Å². The van der Waals surface area contributed by atoms with Gasteiger partial charge in [-0.3, -0.25) is 4.79 Å². The summed E-state index contributed by atoms with van der Waals surface area (Å²) in [5.41, 5.74) is 3.50. The van der Waals surface area contributed by atoms with Crippen LogP contribution in [0.1, 0.15) is 67.8 Å². The Balaban J connectivity index is 1.64. The summed E-state index contributed by atoms with van der Waals surface area (Å²) in [5.74, 6) is 0.623. The van der Waals surface area contributed by atoms with E-state index >= 15 is 0 Å². The van der Waals surface area contributed by atoms with Gasteiger partial charge in [0.25, 0.3) is 15.9 Å². The van der Waals surface area contributed by atoms with Crippen LogP contribution in [0.25, 0.3) is 11.3 Å². The summed E-state index contributed by atoms with van der Waals surface area (Å²) in [6.07, 6.45) is 4.54. The Morgan fingerprint density at radius 1 is 1.02 bits per heavy atom. The first kappa shape index (κ1) is 32.8. The quantitative estimate of drug-likeness (QED) is 0.258. The fourth-order valence-electron chi connectivity index (χ4n) is 5.33. The number of rotatable bonds is 7. The predicted octanol–water partition coefficient (Wildman–Crippen LogP) is 5.98. The van der Waals surface area contributed by atoms with E-state index in [1.807, 2.05) is 39.0 Å². The normalized spacial score (nSPS) is 16.3. The van der Waals surface area contributed by atoms with Gasteiger partial charge >= 0.3 is 0 Å². The van der Waals surface area contributed by atoms with Crippen molar-refractivity contribution in [3.05, 3.63) is 83.4 Å². The number of sulfonamides is 1. The highest BCUT2D eigenvalue weighted by atomic mass is 32.2. The lowest BCUT2D eigenvalue weighted by Gasteiger charge is -2.33. The van der Waals surface area contributed by atoms with Crippen LogP contribution in [-0.4, -0.2) is 58.4 Å². The van der Waals surface area contributed by atoms with Gasteiger partial charge in [0.15, 0.2) is 5.75 Å². The van der Waals surface area contributed by atoms with Crippen molar-refractivity contribution in [3.63, 3.8) is 0 Å². The first-order valence-electron chi connectivity index (χ1n) is 15.3. The van der Waals surface area contributed by atoms with Crippen LogP contribution < -0.4 is 14.2 Å². The lowest BCUT2D eigenvalue weighted by atomic mass is 9.88. The molecule has 46 heavy (non-hydrogen) atoms. The number of hydrogen-bond donors (Lipinski definition) is 1. The van der Waals surface area contributed by atoms with Gasteiger partial charge in [0.1, 0.15) is 12.4 Å². The fraction of sp³-hybridized carbons (Fsp3) is 0.382. The van der Waals surface area contributed by atoms with Crippen LogP contribution in [0.2, 0.25) is 0 Å². The maximum atomic E-state index is 14.3. The van der Waals surface area contributed by atoms with Crippen LogP contribution in [0.3, 0.4) is 0 Å². The first-order valence-corrected chi connectivity index (χ1v) is 16.8. The van der Waals surface area contributed by atoms with Crippen molar-refractivity contribution < 1.29 is 22.7 Å². The fourth-order valence-corrected chi connectivity index (χ4v) is 6.32. The van der Waals surface area contributed by atoms with Gasteiger partial charge in [-0.05, 0) is 68.4 Å². The Morgan fingerprint density at radius 3 is 2.39 bits per heavy atom. The molecule has 2 aromatic heterocycles. The lowest BCUT2D eigenvalue weighted by molar-refractivity contribution is 0.0546. The van der Waals surface area contributed by atoms with Gasteiger partial charge in [-0.15, -0.1) is 0 Å². The molecule has 1 N–H and O–H groups in total. The van der Waals surface area contributed by atoms with Crippen LogP contribution in [0.5, 0.6) is 11.6 Å². The van der Waals surface area contributed by atoms with Crippen LogP contribution >= 0.6 is 0 Å². The van der Waals surface area contributed by atoms with Gasteiger partial charge in [0, 0.05) is 17.2 Å². The number of aromatic nitrogens is 4. The molecule has 0 aliphatic carbocycles. The molecule has 4 bridgehead atoms. The SMILES string of the molecule is CCOc1cnc(CN2C(=O)c3cccc(c3)S(=O)(=O)Nc3nc(cc(-c4c(C)cccc4C)n3)OC[C@H]2CCC(C)(C)C)nc1. The van der Waals surface area contributed by atoms with Gasteiger partial charge in [-0.25, -0.2) is 28.1 Å². The molecular weight excluding hydrogens is 604 g/mol. The van der Waals surface area contributed by atoms with E-state index in [1.54, 1.807) is 35.5 Å². The van der Waals surface area contributed by atoms with Gasteiger partial charge in [-0.2, -0.15) is 4.98 Å². The summed E-state index contributed by atoms with van der Waals surface area (Å²) in [6, 6.07) is 13.1. The van der Waals surface area contributed by atoms with Crippen LogP contribution in [0.4, 0.5) is 5.95 Å². The summed E-state index contributed by atoms with van der Waals surface area (Å²) in [5, 5.41) is 0. The Hall–Kier alpha value is -4.58. The average Bonchev–Trinajstić information content (AvgIpc) is 3.00. The third kappa shape index (κ3) is 7.79. The van der Waals surface area contributed by atoms with Crippen molar-refractivity contribution in [1.82, 2.24) is 24.8 Å². The zero-order valence-electron chi connectivity index (χ0n) is 27.1. The highest BCUT2D eigenvalue weighted by molar-refractivity contribution is 7.92. The summed E-state index contributed by atoms with van der Waals surface area (Å²) >= 11 is 0. The predicted molar refractivity (Wildman–Crippen MR) is 175 cm³/mol. The number of aryl methyl sites for hydroxylation is 2. The maximum absolute atomic E-state index is 14.3. The van der Waals surface area contributed by atoms with E-state index in [4.69, 9.17) is 9.47 Å². The second-order valence-corrected chi connectivity index (χ2v) is 14.3. The molecule has 0 unspecified atom stereocenters. The minimum absolute atomic E-state index is 0.0267. The molecule has 5 rings (SSSR count). The van der Waals surface area contributed by atoms with Crippen molar-refractivity contribution >= 4 is 21.9 Å². The second-order valence-electron chi connectivity index (χ2n) is 12.6. The molecular formula is C34H40N6O5S. The largest absolute Gasteiger partial charge is 0.491 e. The van der Waals surface area contributed by atoms with Gasteiger partial charge in [0.2, 0.25) is 11.8 Å². The zero-order valence-corrected chi connectivity index (χ0v) is 27.9. The van der Waals surface area contributed by atoms with E-state index in [-0.39, 0.29) is 46.8 Å². The number of nitrogens with one attached hydrogen (secondary N) is 1. The van der Waals surface area contributed by atoms with Gasteiger partial charge in [-0.1, -0.05) is 45.0 Å². The highest BCUT2D eigenvalue weighted by Gasteiger charge is 2.30. The third-order valence-electron chi connectivity index (χ3n) is 7.71. The van der Waals surface area contributed by atoms with Gasteiger partial charge < -0.3 is 14.4 Å². The van der Waals surface area contributed by atoms with E-state index in [0.29, 0.717) is 30.3 Å². The number of benzene rings is 2. The maximum Gasteiger partial charge on any atom is 0.264 e. The van der Waals surface area contributed by atoms with Gasteiger partial charge in [0.05, 0.1) is 42.2 Å². The number of anilines is 1. The molecule has 1 aliphatic heterocycles. The molecule has 0 spiro atoms. The minimum Gasteiger partial charge on any atom is -0.491 e. The Bertz CT molecular complexity index is 1800. The summed E-state index contributed by atoms with van der Waals surface area (Å²) in [7, 11) is -4.17. The molecule has 242 valence electrons. The van der Waals surface area contributed by atoms with E-state index < -0.39 is 16.1 Å². The number of hydrogen-bond acceptors (Lipinski definition) is 9. The second kappa shape index (κ2) is 13.4. The molecule has 4 aromatic rings. The topological polar surface area (TPSA) is 136 Å². The lowest BCUT2D eigenvalue weighted by Crippen LogP contribution is -2.44. The van der Waals surface area contributed by atoms with Crippen LogP contribution in [0, 0.1) is 19.3 Å². The Labute approximate surface area is 270 Å². The van der Waals surface area contributed by atoms with Crippen molar-refractivity contribution in [3.8, 4) is 22.9 Å². The summed E-state index contributed by atoms with van der Waals surface area (Å²) in [6.45, 7) is 12.9. The molecule has 1 amide bonds. The Morgan fingerprint density at radius 2 is 1.72 bits per heavy atom. The van der Waals surface area contributed by atoms with Crippen LogP contribution in [0.15, 0.2) is 65.8 Å². The minimum atomic E-state index is -4.17. The zero-order chi connectivity index (χ0) is 33.1. The molecule has 2 aromatic carbocycles. The number of ether oxygens (including phenoxy) is 2. The number of carbonyl (C=O) groups excluding carboxylic acids is 1. The standard InChI is InChI=1S/C34H40N6O5S/c1-7-44-26-18-35-29(36-19-26)20-40-25(14-15-34(4,5)6)21-45-30-17-28(31-22(2)10-8-11-23(31)3)37-33(38-30)39-46(42,43)27-13-9-12-24(16-27)32(40)41/h8-13,16-19,25H,7,14-15,20-21H2,1-6H3,(H,37,38,39)/t25-/m1/s1. The van der Waals surface area contributed by atoms with Crippen molar-refractivity contribution in [2.24, 2.45) is 5.41 Å². The molecule has 12 heteroatoms. The molecule has 0 saturated carbocycles. The van der Waals surface area contributed by atoms with E-state index in [0.717, 1.165) is 23.1 Å². The molecule has 1 aliphatic rings. The summed E-state index contributed by atoms with van der Waals surface area (Å²) < 4.78 is 41.6. The first-order chi connectivity index (χ1) is 21.8. The number of amides is 1. The van der Waals surface area contributed by atoms with E-state index in [1.165, 1.54) is 12.1 Å². The number of fused-ring (bicyclic) bond motifs is 4. The van der Waals surface area contributed by atoms with Crippen molar-refractivity contribution in [2.45, 2.75) is 71.9 Å². The molecule has 0 saturated heterocycles. The molecule has 0 fully saturated rings. The average molecular weight is 645 g/mol. The van der Waals surface area contributed by atoms with E-state index in [9.17, 15) is 13.2 Å². The number of nitrogens with zero attached hydrogens (tertiary/aromatic N) is 5.